The number of rotatable bonds is 9. The van der Waals surface area contributed by atoms with Crippen molar-refractivity contribution in [2.24, 2.45) is 0 Å². The van der Waals surface area contributed by atoms with E-state index in [1.54, 1.807) is 19.2 Å². The molecule has 9 heteroatoms. The molecule has 0 spiro atoms. The van der Waals surface area contributed by atoms with Crippen LogP contribution in [0.15, 0.2) is 47.6 Å². The molecule has 0 saturated carbocycles. The number of carbonyl (C=O) groups is 1. The molecule has 1 N–H and O–H groups in total. The number of amides is 1. The topological polar surface area (TPSA) is 78.3 Å². The minimum Gasteiger partial charge on any atom is -0.495 e. The molecule has 1 amide bonds. The average Bonchev–Trinajstić information content (AvgIpc) is 3.18. The second kappa shape index (κ2) is 10.5. The Morgan fingerprint density at radius 3 is 2.53 bits per heavy atom. The summed E-state index contributed by atoms with van der Waals surface area (Å²) in [5, 5.41) is 12.1. The van der Waals surface area contributed by atoms with Crippen molar-refractivity contribution in [2.45, 2.75) is 45.0 Å². The van der Waals surface area contributed by atoms with Crippen LogP contribution in [0.2, 0.25) is 0 Å². The first-order valence-electron chi connectivity index (χ1n) is 10.2. The Morgan fingerprint density at radius 1 is 1.16 bits per heavy atom. The van der Waals surface area contributed by atoms with Crippen LogP contribution in [0.3, 0.4) is 0 Å². The molecule has 2 aromatic carbocycles. The molecule has 0 saturated heterocycles. The van der Waals surface area contributed by atoms with Gasteiger partial charge in [-0.2, -0.15) is 0 Å². The second-order valence-corrected chi connectivity index (χ2v) is 8.50. The number of carbonyl (C=O) groups excluding carboxylic acids is 1. The molecule has 0 radical (unpaired) electrons. The molecule has 0 bridgehead atoms. The smallest absolute Gasteiger partial charge is 0.234 e. The number of hydrogen-bond acceptors (Lipinski definition) is 6. The highest BCUT2D eigenvalue weighted by atomic mass is 32.2. The number of nitrogens with zero attached hydrogens (tertiary/aromatic N) is 3. The van der Waals surface area contributed by atoms with Gasteiger partial charge < -0.3 is 19.4 Å². The molecule has 0 aliphatic rings. The molecule has 0 fully saturated rings. The molecule has 1 unspecified atom stereocenters. The van der Waals surface area contributed by atoms with Gasteiger partial charge in [-0.05, 0) is 69.7 Å². The normalized spacial score (nSPS) is 12.0. The molecule has 3 aromatic rings. The van der Waals surface area contributed by atoms with Crippen LogP contribution in [-0.4, -0.2) is 33.5 Å². The SMILES string of the molecule is COc1ccc(C)cc1NC(=O)CSc1nnc(C(C)Oc2ccc(F)cc2)n1C(C)C. The van der Waals surface area contributed by atoms with Gasteiger partial charge in [0.05, 0.1) is 18.6 Å². The number of methoxy groups -OCH3 is 1. The average molecular weight is 459 g/mol. The first-order valence-corrected chi connectivity index (χ1v) is 11.2. The summed E-state index contributed by atoms with van der Waals surface area (Å²) in [5.74, 6) is 1.44. The van der Waals surface area contributed by atoms with Crippen molar-refractivity contribution in [1.82, 2.24) is 14.8 Å². The van der Waals surface area contributed by atoms with Crippen LogP contribution in [0.25, 0.3) is 0 Å². The third-order valence-electron chi connectivity index (χ3n) is 4.66. The van der Waals surface area contributed by atoms with Crippen molar-refractivity contribution in [3.8, 4) is 11.5 Å². The summed E-state index contributed by atoms with van der Waals surface area (Å²) < 4.78 is 26.3. The van der Waals surface area contributed by atoms with Gasteiger partial charge in [0, 0.05) is 6.04 Å². The molecule has 3 rings (SSSR count). The minimum atomic E-state index is -0.407. The fraction of sp³-hybridized carbons (Fsp3) is 0.348. The van der Waals surface area contributed by atoms with E-state index in [1.165, 1.54) is 23.9 Å². The highest BCUT2D eigenvalue weighted by Crippen LogP contribution is 2.29. The Labute approximate surface area is 191 Å². The maximum Gasteiger partial charge on any atom is 0.234 e. The van der Waals surface area contributed by atoms with Crippen LogP contribution in [0.5, 0.6) is 11.5 Å². The first kappa shape index (κ1) is 23.6. The number of hydrogen-bond donors (Lipinski definition) is 1. The molecule has 1 aromatic heterocycles. The van der Waals surface area contributed by atoms with Crippen molar-refractivity contribution in [3.05, 3.63) is 59.7 Å². The van der Waals surface area contributed by atoms with E-state index in [-0.39, 0.29) is 23.5 Å². The van der Waals surface area contributed by atoms with Gasteiger partial charge in [0.1, 0.15) is 17.3 Å². The molecule has 7 nitrogen and oxygen atoms in total. The van der Waals surface area contributed by atoms with Gasteiger partial charge >= 0.3 is 0 Å². The number of nitrogens with one attached hydrogen (secondary N) is 1. The van der Waals surface area contributed by atoms with Gasteiger partial charge in [0.25, 0.3) is 0 Å². The fourth-order valence-electron chi connectivity index (χ4n) is 3.16. The van der Waals surface area contributed by atoms with E-state index >= 15 is 0 Å². The Hall–Kier alpha value is -3.07. The predicted molar refractivity (Wildman–Crippen MR) is 123 cm³/mol. The lowest BCUT2D eigenvalue weighted by Gasteiger charge is -2.19. The molecular weight excluding hydrogens is 431 g/mol. The lowest BCUT2D eigenvalue weighted by atomic mass is 10.2. The van der Waals surface area contributed by atoms with Crippen LogP contribution in [-0.2, 0) is 4.79 Å². The van der Waals surface area contributed by atoms with Crippen molar-refractivity contribution in [2.75, 3.05) is 18.2 Å². The summed E-state index contributed by atoms with van der Waals surface area (Å²) in [7, 11) is 1.57. The predicted octanol–water partition coefficient (Wildman–Crippen LogP) is 5.19. The monoisotopic (exact) mass is 458 g/mol. The quantitative estimate of drug-likeness (QED) is 0.445. The molecule has 0 aliphatic heterocycles. The zero-order valence-electron chi connectivity index (χ0n) is 18.8. The summed E-state index contributed by atoms with van der Waals surface area (Å²) in [6.45, 7) is 7.83. The largest absolute Gasteiger partial charge is 0.495 e. The van der Waals surface area contributed by atoms with Crippen LogP contribution in [0, 0.1) is 12.7 Å². The molecule has 32 heavy (non-hydrogen) atoms. The third-order valence-corrected chi connectivity index (χ3v) is 5.60. The number of ether oxygens (including phenoxy) is 2. The van der Waals surface area contributed by atoms with E-state index in [0.717, 1.165) is 5.56 Å². The standard InChI is InChI=1S/C23H27FN4O3S/c1-14(2)28-22(16(4)31-18-9-7-17(24)8-10-18)26-27-23(28)32-13-21(29)25-19-12-15(3)6-11-20(19)30-5/h6-12,14,16H,13H2,1-5H3,(H,25,29). The van der Waals surface area contributed by atoms with Gasteiger partial charge in [0.15, 0.2) is 17.1 Å². The van der Waals surface area contributed by atoms with Gasteiger partial charge in [-0.1, -0.05) is 17.8 Å². The molecule has 1 heterocycles. The molecular formula is C23H27FN4O3S. The summed E-state index contributed by atoms with van der Waals surface area (Å²) in [6, 6.07) is 11.5. The highest BCUT2D eigenvalue weighted by molar-refractivity contribution is 7.99. The van der Waals surface area contributed by atoms with E-state index in [2.05, 4.69) is 15.5 Å². The summed E-state index contributed by atoms with van der Waals surface area (Å²) in [5.41, 5.74) is 1.65. The van der Waals surface area contributed by atoms with Crippen molar-refractivity contribution in [3.63, 3.8) is 0 Å². The third kappa shape index (κ3) is 5.79. The maximum atomic E-state index is 13.1. The van der Waals surface area contributed by atoms with Gasteiger partial charge in [-0.3, -0.25) is 4.79 Å². The van der Waals surface area contributed by atoms with Crippen LogP contribution in [0.4, 0.5) is 10.1 Å². The number of aromatic nitrogens is 3. The Kier molecular flexibility index (Phi) is 7.74. The van der Waals surface area contributed by atoms with Crippen molar-refractivity contribution in [1.29, 1.82) is 0 Å². The Morgan fingerprint density at radius 2 is 1.88 bits per heavy atom. The second-order valence-electron chi connectivity index (χ2n) is 7.56. The zero-order chi connectivity index (χ0) is 23.3. The number of thioether (sulfide) groups is 1. The molecule has 0 aliphatic carbocycles. The lowest BCUT2D eigenvalue weighted by Crippen LogP contribution is -2.17. The lowest BCUT2D eigenvalue weighted by molar-refractivity contribution is -0.113. The summed E-state index contributed by atoms with van der Waals surface area (Å²) in [6.07, 6.45) is -0.407. The minimum absolute atomic E-state index is 0.0571. The van der Waals surface area contributed by atoms with Gasteiger partial charge in [-0.25, -0.2) is 4.39 Å². The molecule has 170 valence electrons. The highest BCUT2D eigenvalue weighted by Gasteiger charge is 2.22. The number of anilines is 1. The van der Waals surface area contributed by atoms with Gasteiger partial charge in [-0.15, -0.1) is 10.2 Å². The summed E-state index contributed by atoms with van der Waals surface area (Å²) in [4.78, 5) is 12.6. The fourth-order valence-corrected chi connectivity index (χ4v) is 4.03. The van der Waals surface area contributed by atoms with Crippen LogP contribution in [0.1, 0.15) is 44.3 Å². The zero-order valence-corrected chi connectivity index (χ0v) is 19.6. The Bertz CT molecular complexity index is 1070. The van der Waals surface area contributed by atoms with Gasteiger partial charge in [0.2, 0.25) is 5.91 Å². The van der Waals surface area contributed by atoms with E-state index in [0.29, 0.717) is 28.2 Å². The van der Waals surface area contributed by atoms with Crippen molar-refractivity contribution < 1.29 is 18.7 Å². The number of benzene rings is 2. The van der Waals surface area contributed by atoms with E-state index < -0.39 is 6.10 Å². The van der Waals surface area contributed by atoms with E-state index in [1.807, 2.05) is 50.5 Å². The molecule has 1 atom stereocenters. The maximum absolute atomic E-state index is 13.1. The number of aryl methyl sites for hydroxylation is 1. The van der Waals surface area contributed by atoms with Crippen LogP contribution < -0.4 is 14.8 Å². The Balaban J connectivity index is 1.69. The number of halogens is 1. The first-order chi connectivity index (χ1) is 15.3. The van der Waals surface area contributed by atoms with Crippen LogP contribution >= 0.6 is 11.8 Å². The summed E-state index contributed by atoms with van der Waals surface area (Å²) >= 11 is 1.30. The van der Waals surface area contributed by atoms with Crippen molar-refractivity contribution >= 4 is 23.4 Å². The van der Waals surface area contributed by atoms with E-state index in [9.17, 15) is 9.18 Å². The van der Waals surface area contributed by atoms with E-state index in [4.69, 9.17) is 9.47 Å².